The van der Waals surface area contributed by atoms with Crippen LogP contribution >= 0.6 is 23.1 Å². The van der Waals surface area contributed by atoms with E-state index in [1.165, 1.54) is 23.1 Å². The fourth-order valence-corrected chi connectivity index (χ4v) is 4.75. The molecule has 1 unspecified atom stereocenters. The number of anilines is 1. The van der Waals surface area contributed by atoms with Crippen LogP contribution < -0.4 is 16.1 Å². The van der Waals surface area contributed by atoms with E-state index >= 15 is 0 Å². The molecule has 3 N–H and O–H groups in total. The third-order valence-corrected chi connectivity index (χ3v) is 6.31. The maximum Gasteiger partial charge on any atom is 0.413 e. The molecule has 0 radical (unpaired) electrons. The molecule has 1 aromatic carbocycles. The van der Waals surface area contributed by atoms with Crippen molar-refractivity contribution >= 4 is 45.3 Å². The van der Waals surface area contributed by atoms with Crippen LogP contribution in [-0.4, -0.2) is 38.8 Å². The first-order valence-electron chi connectivity index (χ1n) is 10.1. The first-order valence-corrected chi connectivity index (χ1v) is 11.7. The second-order valence-electron chi connectivity index (χ2n) is 7.02. The summed E-state index contributed by atoms with van der Waals surface area (Å²) in [5, 5.41) is 20.3. The molecule has 2 aromatic rings. The van der Waals surface area contributed by atoms with E-state index in [1.54, 1.807) is 6.92 Å². The molecule has 0 aliphatic carbocycles. The van der Waals surface area contributed by atoms with Gasteiger partial charge in [-0.05, 0) is 38.7 Å². The molecule has 0 saturated carbocycles. The number of ether oxygens (including phenoxy) is 1. The highest BCUT2D eigenvalue weighted by atomic mass is 32.2. The highest BCUT2D eigenvalue weighted by Crippen LogP contribution is 2.29. The summed E-state index contributed by atoms with van der Waals surface area (Å²) in [5.74, 6) is -0.0475. The molecule has 3 rings (SSSR count). The average molecular weight is 463 g/mol. The molecule has 1 atom stereocenters. The molecular formula is C20H26N6O3S2. The van der Waals surface area contributed by atoms with Crippen LogP contribution in [-0.2, 0) is 22.4 Å². The van der Waals surface area contributed by atoms with Gasteiger partial charge in [0.1, 0.15) is 5.01 Å². The zero-order chi connectivity index (χ0) is 22.1. The van der Waals surface area contributed by atoms with E-state index in [4.69, 9.17) is 4.74 Å². The van der Waals surface area contributed by atoms with Gasteiger partial charge in [0.15, 0.2) is 4.99 Å². The molecule has 2 amide bonds. The van der Waals surface area contributed by atoms with Gasteiger partial charge in [-0.1, -0.05) is 53.4 Å². The van der Waals surface area contributed by atoms with E-state index in [9.17, 15) is 9.59 Å². The number of amides is 2. The Morgan fingerprint density at radius 1 is 1.16 bits per heavy atom. The third kappa shape index (κ3) is 7.51. The zero-order valence-electron chi connectivity index (χ0n) is 17.5. The number of nitrogens with one attached hydrogen (secondary N) is 3. The van der Waals surface area contributed by atoms with Crippen LogP contribution in [0.4, 0.5) is 9.93 Å². The average Bonchev–Trinajstić information content (AvgIpc) is 3.32. The normalized spacial score (nSPS) is 17.5. The summed E-state index contributed by atoms with van der Waals surface area (Å²) in [5.41, 5.74) is 4.01. The number of benzene rings is 1. The Labute approximate surface area is 189 Å². The van der Waals surface area contributed by atoms with Crippen LogP contribution in [0.2, 0.25) is 0 Å². The molecule has 0 fully saturated rings. The molecule has 166 valence electrons. The van der Waals surface area contributed by atoms with E-state index < -0.39 is 11.1 Å². The largest absolute Gasteiger partial charge is 0.450 e. The van der Waals surface area contributed by atoms with Gasteiger partial charge in [-0.2, -0.15) is 5.10 Å². The number of nitrogens with zero attached hydrogens (tertiary/aromatic N) is 3. The Hall–Kier alpha value is -2.66. The summed E-state index contributed by atoms with van der Waals surface area (Å²) >= 11 is 2.88. The van der Waals surface area contributed by atoms with E-state index in [1.807, 2.05) is 37.3 Å². The topological polar surface area (TPSA) is 118 Å². The quantitative estimate of drug-likeness (QED) is 0.463. The summed E-state index contributed by atoms with van der Waals surface area (Å²) in [7, 11) is 0. The number of hydrazone groups is 1. The Morgan fingerprint density at radius 2 is 1.94 bits per heavy atom. The highest BCUT2D eigenvalue weighted by molar-refractivity contribution is 8.15. The van der Waals surface area contributed by atoms with E-state index in [2.05, 4.69) is 31.4 Å². The van der Waals surface area contributed by atoms with Crippen LogP contribution in [0.5, 0.6) is 0 Å². The van der Waals surface area contributed by atoms with Crippen LogP contribution in [0.1, 0.15) is 43.7 Å². The summed E-state index contributed by atoms with van der Waals surface area (Å²) in [6.45, 7) is 3.97. The number of aromatic nitrogens is 2. The Kier molecular flexibility index (Phi) is 8.24. The maximum absolute atomic E-state index is 12.3. The first kappa shape index (κ1) is 23.0. The van der Waals surface area contributed by atoms with Gasteiger partial charge in [-0.15, -0.1) is 10.2 Å². The van der Waals surface area contributed by atoms with Crippen molar-refractivity contribution in [2.24, 2.45) is 5.10 Å². The van der Waals surface area contributed by atoms with Crippen molar-refractivity contribution in [1.82, 2.24) is 20.9 Å². The molecule has 1 aliphatic heterocycles. The van der Waals surface area contributed by atoms with Gasteiger partial charge < -0.3 is 10.1 Å². The van der Waals surface area contributed by atoms with Gasteiger partial charge in [-0.25, -0.2) is 4.79 Å². The molecule has 9 nitrogen and oxygen atoms in total. The maximum atomic E-state index is 12.3. The van der Waals surface area contributed by atoms with Crippen molar-refractivity contribution in [3.05, 3.63) is 40.9 Å². The zero-order valence-corrected chi connectivity index (χ0v) is 19.1. The molecule has 1 aromatic heterocycles. The fraction of sp³-hybridized carbons (Fsp3) is 0.450. The lowest BCUT2D eigenvalue weighted by molar-refractivity contribution is -0.121. The van der Waals surface area contributed by atoms with Gasteiger partial charge in [0.05, 0.1) is 18.1 Å². The molecule has 11 heteroatoms. The summed E-state index contributed by atoms with van der Waals surface area (Å²) in [6, 6.07) is 9.66. The van der Waals surface area contributed by atoms with Crippen LogP contribution in [0, 0.1) is 0 Å². The van der Waals surface area contributed by atoms with Crippen LogP contribution in [0.15, 0.2) is 35.4 Å². The number of carbonyl (C=O) groups excluding carboxylic acids is 2. The first-order chi connectivity index (χ1) is 15.0. The lowest BCUT2D eigenvalue weighted by Gasteiger charge is -2.24. The van der Waals surface area contributed by atoms with E-state index in [0.29, 0.717) is 18.2 Å². The standard InChI is InChI=1S/C20H26N6O3S2/c1-3-29-19(28)21-18-25-23-16(30-18)11-7-8-12-17-24-26-20(2,31-17)22-15(27)13-14-9-5-4-6-10-14/h4-6,9-10,26H,3,7-8,11-13H2,1-2H3,(H,22,27)(H,21,25,28). The van der Waals surface area contributed by atoms with Crippen LogP contribution in [0.25, 0.3) is 0 Å². The second kappa shape index (κ2) is 11.1. The lowest BCUT2D eigenvalue weighted by Crippen LogP contribution is -2.50. The molecule has 0 saturated heterocycles. The Balaban J connectivity index is 1.34. The van der Waals surface area contributed by atoms with E-state index in [0.717, 1.165) is 41.3 Å². The third-order valence-electron chi connectivity index (χ3n) is 4.28. The van der Waals surface area contributed by atoms with Gasteiger partial charge in [0.25, 0.3) is 0 Å². The number of rotatable bonds is 10. The molecule has 0 bridgehead atoms. The Bertz CT molecular complexity index is 921. The monoisotopic (exact) mass is 462 g/mol. The number of aryl methyl sites for hydroxylation is 1. The molecule has 31 heavy (non-hydrogen) atoms. The number of carbonyl (C=O) groups is 2. The summed E-state index contributed by atoms with van der Waals surface area (Å²) in [6.07, 6.45) is 3.26. The van der Waals surface area contributed by atoms with Gasteiger partial charge in [0, 0.05) is 6.42 Å². The molecular weight excluding hydrogens is 436 g/mol. The second-order valence-corrected chi connectivity index (χ2v) is 9.57. The minimum atomic E-state index is -0.631. The van der Waals surface area contributed by atoms with Crippen LogP contribution in [0.3, 0.4) is 0 Å². The highest BCUT2D eigenvalue weighted by Gasteiger charge is 2.33. The predicted octanol–water partition coefficient (Wildman–Crippen LogP) is 3.50. The number of thioether (sulfide) groups is 1. The summed E-state index contributed by atoms with van der Waals surface area (Å²) < 4.78 is 4.82. The van der Waals surface area contributed by atoms with E-state index in [-0.39, 0.29) is 5.91 Å². The summed E-state index contributed by atoms with van der Waals surface area (Å²) in [4.78, 5) is 23.1. The lowest BCUT2D eigenvalue weighted by atomic mass is 10.1. The molecule has 0 spiro atoms. The SMILES string of the molecule is CCOC(=O)Nc1nnc(CCCCC2=NNC(C)(NC(=O)Cc3ccccc3)S2)s1. The number of unbranched alkanes of at least 4 members (excludes halogenated alkanes) is 1. The van der Waals surface area contributed by atoms with Gasteiger partial charge >= 0.3 is 6.09 Å². The molecule has 2 heterocycles. The minimum absolute atomic E-state index is 0.0475. The van der Waals surface area contributed by atoms with Crippen molar-refractivity contribution in [1.29, 1.82) is 0 Å². The van der Waals surface area contributed by atoms with Crippen molar-refractivity contribution < 1.29 is 14.3 Å². The minimum Gasteiger partial charge on any atom is -0.450 e. The predicted molar refractivity (Wildman–Crippen MR) is 123 cm³/mol. The number of hydrogen-bond acceptors (Lipinski definition) is 9. The van der Waals surface area contributed by atoms with Crippen molar-refractivity contribution in [3.63, 3.8) is 0 Å². The van der Waals surface area contributed by atoms with Crippen molar-refractivity contribution in [2.75, 3.05) is 11.9 Å². The van der Waals surface area contributed by atoms with Crippen molar-refractivity contribution in [2.45, 2.75) is 50.9 Å². The number of hydrogen-bond donors (Lipinski definition) is 3. The van der Waals surface area contributed by atoms with Gasteiger partial charge in [-0.3, -0.25) is 15.5 Å². The fourth-order valence-electron chi connectivity index (χ4n) is 2.91. The molecule has 1 aliphatic rings. The smallest absolute Gasteiger partial charge is 0.413 e. The van der Waals surface area contributed by atoms with Gasteiger partial charge in [0.2, 0.25) is 11.0 Å². The Morgan fingerprint density at radius 3 is 2.71 bits per heavy atom. The van der Waals surface area contributed by atoms with Crippen molar-refractivity contribution in [3.8, 4) is 0 Å².